The second-order valence-electron chi connectivity index (χ2n) is 5.07. The molecular formula is C11H20N2O5S. The molecule has 2 aliphatic heterocycles. The van der Waals surface area contributed by atoms with E-state index in [-0.39, 0.29) is 24.4 Å². The lowest BCUT2D eigenvalue weighted by atomic mass is 9.99. The molecule has 0 radical (unpaired) electrons. The van der Waals surface area contributed by atoms with Gasteiger partial charge in [0.05, 0.1) is 13.0 Å². The quantitative estimate of drug-likeness (QED) is 0.674. The first-order valence-electron chi connectivity index (χ1n) is 6.43. The van der Waals surface area contributed by atoms with Crippen LogP contribution in [-0.2, 0) is 19.7 Å². The van der Waals surface area contributed by atoms with E-state index < -0.39 is 10.2 Å². The third-order valence-corrected chi connectivity index (χ3v) is 5.79. The van der Waals surface area contributed by atoms with Gasteiger partial charge in [-0.05, 0) is 12.8 Å². The molecule has 0 aromatic carbocycles. The van der Waals surface area contributed by atoms with Crippen LogP contribution in [0.15, 0.2) is 0 Å². The standard InChI is InChI=1S/C11H20N2O5S/c1-18-11(15)10-2-4-12(5-3-10)19(16,17)13-6-9(7-13)8-14/h9-10,14H,2-8H2,1H3. The van der Waals surface area contributed by atoms with Crippen molar-refractivity contribution in [3.8, 4) is 0 Å². The van der Waals surface area contributed by atoms with E-state index in [0.29, 0.717) is 39.0 Å². The largest absolute Gasteiger partial charge is 0.469 e. The second kappa shape index (κ2) is 5.74. The molecule has 19 heavy (non-hydrogen) atoms. The molecule has 110 valence electrons. The summed E-state index contributed by atoms with van der Waals surface area (Å²) in [6.07, 6.45) is 1.01. The van der Waals surface area contributed by atoms with Crippen LogP contribution in [0.2, 0.25) is 0 Å². The number of nitrogens with zero attached hydrogens (tertiary/aromatic N) is 2. The molecule has 0 spiro atoms. The number of carbonyl (C=O) groups excluding carboxylic acids is 1. The van der Waals surface area contributed by atoms with Gasteiger partial charge in [-0.25, -0.2) is 0 Å². The zero-order valence-electron chi connectivity index (χ0n) is 11.0. The Morgan fingerprint density at radius 1 is 1.26 bits per heavy atom. The lowest BCUT2D eigenvalue weighted by Gasteiger charge is -2.41. The van der Waals surface area contributed by atoms with Gasteiger partial charge in [-0.3, -0.25) is 4.79 Å². The van der Waals surface area contributed by atoms with Crippen molar-refractivity contribution >= 4 is 16.2 Å². The lowest BCUT2D eigenvalue weighted by molar-refractivity contribution is -0.146. The number of ether oxygens (including phenoxy) is 1. The minimum absolute atomic E-state index is 0.0242. The first-order chi connectivity index (χ1) is 8.98. The predicted molar refractivity (Wildman–Crippen MR) is 67.4 cm³/mol. The SMILES string of the molecule is COC(=O)C1CCN(S(=O)(=O)N2CC(CO)C2)CC1. The van der Waals surface area contributed by atoms with Gasteiger partial charge < -0.3 is 9.84 Å². The Balaban J connectivity index is 1.89. The maximum Gasteiger partial charge on any atom is 0.308 e. The molecule has 0 bridgehead atoms. The van der Waals surface area contributed by atoms with Crippen molar-refractivity contribution in [2.45, 2.75) is 12.8 Å². The average molecular weight is 292 g/mol. The molecule has 0 aliphatic carbocycles. The minimum Gasteiger partial charge on any atom is -0.469 e. The van der Waals surface area contributed by atoms with Gasteiger partial charge >= 0.3 is 5.97 Å². The molecule has 0 aromatic heterocycles. The van der Waals surface area contributed by atoms with E-state index in [1.165, 1.54) is 15.7 Å². The van der Waals surface area contributed by atoms with Crippen LogP contribution in [0.3, 0.4) is 0 Å². The van der Waals surface area contributed by atoms with Gasteiger partial charge in [-0.1, -0.05) is 0 Å². The van der Waals surface area contributed by atoms with Crippen molar-refractivity contribution in [1.29, 1.82) is 0 Å². The van der Waals surface area contributed by atoms with Crippen LogP contribution in [0.4, 0.5) is 0 Å². The highest BCUT2D eigenvalue weighted by atomic mass is 32.2. The fourth-order valence-corrected chi connectivity index (χ4v) is 4.28. The van der Waals surface area contributed by atoms with Crippen LogP contribution < -0.4 is 0 Å². The normalized spacial score (nSPS) is 24.1. The minimum atomic E-state index is -3.42. The third kappa shape index (κ3) is 2.91. The van der Waals surface area contributed by atoms with Crippen molar-refractivity contribution < 1.29 is 23.1 Å². The van der Waals surface area contributed by atoms with Crippen LogP contribution in [0.25, 0.3) is 0 Å². The van der Waals surface area contributed by atoms with Gasteiger partial charge in [0.2, 0.25) is 0 Å². The van der Waals surface area contributed by atoms with Gasteiger partial charge in [0.25, 0.3) is 10.2 Å². The number of rotatable bonds is 4. The molecule has 2 fully saturated rings. The van der Waals surface area contributed by atoms with Crippen LogP contribution in [0, 0.1) is 11.8 Å². The fraction of sp³-hybridized carbons (Fsp3) is 0.909. The topological polar surface area (TPSA) is 87.2 Å². The molecule has 8 heteroatoms. The average Bonchev–Trinajstić information content (AvgIpc) is 2.36. The van der Waals surface area contributed by atoms with Crippen molar-refractivity contribution in [2.75, 3.05) is 39.9 Å². The summed E-state index contributed by atoms with van der Waals surface area (Å²) in [5.74, 6) is -0.401. The smallest absolute Gasteiger partial charge is 0.308 e. The van der Waals surface area contributed by atoms with Gasteiger partial charge in [0.1, 0.15) is 0 Å². The monoisotopic (exact) mass is 292 g/mol. The Morgan fingerprint density at radius 2 is 1.84 bits per heavy atom. The molecule has 0 amide bonds. The summed E-state index contributed by atoms with van der Waals surface area (Å²) in [4.78, 5) is 11.4. The summed E-state index contributed by atoms with van der Waals surface area (Å²) in [6.45, 7) is 1.49. The highest BCUT2D eigenvalue weighted by Crippen LogP contribution is 2.26. The summed E-state index contributed by atoms with van der Waals surface area (Å²) in [6, 6.07) is 0. The fourth-order valence-electron chi connectivity index (χ4n) is 2.48. The number of hydrogen-bond acceptors (Lipinski definition) is 5. The molecule has 0 aromatic rings. The maximum absolute atomic E-state index is 12.2. The molecule has 0 unspecified atom stereocenters. The van der Waals surface area contributed by atoms with E-state index in [1.807, 2.05) is 0 Å². The first-order valence-corrected chi connectivity index (χ1v) is 7.82. The van der Waals surface area contributed by atoms with Crippen LogP contribution in [0.5, 0.6) is 0 Å². The first kappa shape index (κ1) is 14.7. The van der Waals surface area contributed by atoms with E-state index in [9.17, 15) is 13.2 Å². The summed E-state index contributed by atoms with van der Waals surface area (Å²) in [5.41, 5.74) is 0. The Morgan fingerprint density at radius 3 is 2.32 bits per heavy atom. The second-order valence-corrected chi connectivity index (χ2v) is 7.00. The summed E-state index contributed by atoms with van der Waals surface area (Å²) in [5, 5.41) is 8.92. The highest BCUT2D eigenvalue weighted by Gasteiger charge is 2.40. The summed E-state index contributed by atoms with van der Waals surface area (Å²) < 4.78 is 31.9. The Bertz CT molecular complexity index is 424. The van der Waals surface area contributed by atoms with E-state index >= 15 is 0 Å². The summed E-state index contributed by atoms with van der Waals surface area (Å²) >= 11 is 0. The molecule has 2 saturated heterocycles. The van der Waals surface area contributed by atoms with E-state index in [0.717, 1.165) is 0 Å². The van der Waals surface area contributed by atoms with Gasteiger partial charge in [0.15, 0.2) is 0 Å². The van der Waals surface area contributed by atoms with Crippen LogP contribution >= 0.6 is 0 Å². The number of piperidine rings is 1. The predicted octanol–water partition coefficient (Wildman–Crippen LogP) is -0.960. The van der Waals surface area contributed by atoms with Crippen LogP contribution in [-0.4, -0.2) is 68.0 Å². The lowest BCUT2D eigenvalue weighted by Crippen LogP contribution is -2.57. The molecule has 0 saturated carbocycles. The molecule has 0 atom stereocenters. The number of esters is 1. The number of aliphatic hydroxyl groups excluding tert-OH is 1. The highest BCUT2D eigenvalue weighted by molar-refractivity contribution is 7.86. The Labute approximate surface area is 113 Å². The molecule has 2 rings (SSSR count). The Hall–Kier alpha value is -0.700. The molecular weight excluding hydrogens is 272 g/mol. The molecule has 1 N–H and O–H groups in total. The van der Waals surface area contributed by atoms with Crippen molar-refractivity contribution in [3.63, 3.8) is 0 Å². The van der Waals surface area contributed by atoms with Crippen LogP contribution in [0.1, 0.15) is 12.8 Å². The number of hydrogen-bond donors (Lipinski definition) is 1. The number of methoxy groups -OCH3 is 1. The Kier molecular flexibility index (Phi) is 4.44. The van der Waals surface area contributed by atoms with Gasteiger partial charge in [-0.2, -0.15) is 17.0 Å². The zero-order chi connectivity index (χ0) is 14.0. The molecule has 2 heterocycles. The van der Waals surface area contributed by atoms with E-state index in [2.05, 4.69) is 4.74 Å². The molecule has 7 nitrogen and oxygen atoms in total. The maximum atomic E-state index is 12.2. The van der Waals surface area contributed by atoms with Crippen molar-refractivity contribution in [2.24, 2.45) is 11.8 Å². The van der Waals surface area contributed by atoms with Crippen molar-refractivity contribution in [1.82, 2.24) is 8.61 Å². The number of carbonyl (C=O) groups is 1. The molecule has 2 aliphatic rings. The van der Waals surface area contributed by atoms with E-state index in [1.54, 1.807) is 0 Å². The summed E-state index contributed by atoms with van der Waals surface area (Å²) in [7, 11) is -2.07. The zero-order valence-corrected chi connectivity index (χ0v) is 11.8. The number of aliphatic hydroxyl groups is 1. The third-order valence-electron chi connectivity index (χ3n) is 3.82. The van der Waals surface area contributed by atoms with Gasteiger partial charge in [0, 0.05) is 38.7 Å². The van der Waals surface area contributed by atoms with Gasteiger partial charge in [-0.15, -0.1) is 0 Å². The van der Waals surface area contributed by atoms with E-state index in [4.69, 9.17) is 5.11 Å². The van der Waals surface area contributed by atoms with Crippen molar-refractivity contribution in [3.05, 3.63) is 0 Å².